The summed E-state index contributed by atoms with van der Waals surface area (Å²) in [5.41, 5.74) is 8.86. The number of nitrogens with zero attached hydrogens (tertiary/aromatic N) is 1. The predicted molar refractivity (Wildman–Crippen MR) is 86.5 cm³/mol. The van der Waals surface area contributed by atoms with Gasteiger partial charge in [0.05, 0.1) is 6.61 Å². The predicted octanol–water partition coefficient (Wildman–Crippen LogP) is 2.99. The number of hydrogen-bond donors (Lipinski definition) is 1. The number of hydrogen-bond acceptors (Lipinski definition) is 3. The van der Waals surface area contributed by atoms with E-state index in [0.717, 1.165) is 37.2 Å². The van der Waals surface area contributed by atoms with E-state index >= 15 is 0 Å². The van der Waals surface area contributed by atoms with Gasteiger partial charge in [0.15, 0.2) is 0 Å². The zero-order chi connectivity index (χ0) is 15.0. The van der Waals surface area contributed by atoms with Gasteiger partial charge in [-0.25, -0.2) is 0 Å². The monoisotopic (exact) mass is 288 g/mol. The Bertz CT molecular complexity index is 502. The van der Waals surface area contributed by atoms with Crippen LogP contribution in [0.25, 0.3) is 0 Å². The van der Waals surface area contributed by atoms with Crippen LogP contribution in [0.5, 0.6) is 5.75 Å². The maximum absolute atomic E-state index is 6.16. The van der Waals surface area contributed by atoms with Crippen LogP contribution in [0.3, 0.4) is 0 Å². The van der Waals surface area contributed by atoms with Gasteiger partial charge in [-0.1, -0.05) is 26.0 Å². The van der Waals surface area contributed by atoms with Crippen LogP contribution in [-0.2, 0) is 6.42 Å². The molecular formula is C18H28N2O. The van der Waals surface area contributed by atoms with Crippen LogP contribution in [0.15, 0.2) is 18.2 Å². The van der Waals surface area contributed by atoms with Gasteiger partial charge in [0.1, 0.15) is 5.75 Å². The van der Waals surface area contributed by atoms with Crippen LogP contribution in [0, 0.1) is 11.8 Å². The molecule has 3 nitrogen and oxygen atoms in total. The number of fused-ring (bicyclic) bond motifs is 1. The summed E-state index contributed by atoms with van der Waals surface area (Å²) in [6.45, 7) is 9.75. The quantitative estimate of drug-likeness (QED) is 0.929. The van der Waals surface area contributed by atoms with Crippen LogP contribution in [0.2, 0.25) is 0 Å². The fourth-order valence-electron chi connectivity index (χ4n) is 4.05. The lowest BCUT2D eigenvalue weighted by Gasteiger charge is -2.45. The standard InChI is InChI=1S/C18H28N2O/c1-12-8-13(2)14(3)20(11-12)17(10-19)15-4-5-18-16(9-15)6-7-21-18/h4-5,9,12-14,17H,6-8,10-11,19H2,1-3H3. The Morgan fingerprint density at radius 3 is 2.90 bits per heavy atom. The highest BCUT2D eigenvalue weighted by Gasteiger charge is 2.33. The maximum atomic E-state index is 6.16. The zero-order valence-corrected chi connectivity index (χ0v) is 13.5. The summed E-state index contributed by atoms with van der Waals surface area (Å²) in [7, 11) is 0. The highest BCUT2D eigenvalue weighted by Crippen LogP contribution is 2.35. The third-order valence-electron chi connectivity index (χ3n) is 5.37. The van der Waals surface area contributed by atoms with Crippen LogP contribution in [0.1, 0.15) is 44.4 Å². The van der Waals surface area contributed by atoms with Crippen molar-refractivity contribution in [1.29, 1.82) is 0 Å². The Balaban J connectivity index is 1.87. The normalized spacial score (nSPS) is 30.8. The third kappa shape index (κ3) is 2.82. The molecule has 1 fully saturated rings. The summed E-state index contributed by atoms with van der Waals surface area (Å²) < 4.78 is 5.62. The van der Waals surface area contributed by atoms with Crippen molar-refractivity contribution in [2.75, 3.05) is 19.7 Å². The molecular weight excluding hydrogens is 260 g/mol. The van der Waals surface area contributed by atoms with E-state index in [9.17, 15) is 0 Å². The van der Waals surface area contributed by atoms with Crippen LogP contribution in [0.4, 0.5) is 0 Å². The van der Waals surface area contributed by atoms with E-state index in [2.05, 4.69) is 43.9 Å². The summed E-state index contributed by atoms with van der Waals surface area (Å²) in [6.07, 6.45) is 2.36. The zero-order valence-electron chi connectivity index (χ0n) is 13.5. The maximum Gasteiger partial charge on any atom is 0.122 e. The molecule has 0 aliphatic carbocycles. The Morgan fingerprint density at radius 1 is 1.33 bits per heavy atom. The number of likely N-dealkylation sites (tertiary alicyclic amines) is 1. The molecule has 2 aliphatic heterocycles. The highest BCUT2D eigenvalue weighted by atomic mass is 16.5. The van der Waals surface area contributed by atoms with E-state index in [1.54, 1.807) is 0 Å². The number of piperidine rings is 1. The largest absolute Gasteiger partial charge is 0.493 e. The second-order valence-electron chi connectivity index (χ2n) is 6.97. The molecule has 0 spiro atoms. The molecule has 21 heavy (non-hydrogen) atoms. The van der Waals surface area contributed by atoms with Crippen molar-refractivity contribution < 1.29 is 4.74 Å². The molecule has 2 N–H and O–H groups in total. The van der Waals surface area contributed by atoms with Crippen molar-refractivity contribution in [2.24, 2.45) is 17.6 Å². The van der Waals surface area contributed by atoms with Gasteiger partial charge in [-0.2, -0.15) is 0 Å². The van der Waals surface area contributed by atoms with E-state index in [-0.39, 0.29) is 0 Å². The minimum absolute atomic E-state index is 0.330. The summed E-state index contributed by atoms with van der Waals surface area (Å²) in [5.74, 6) is 2.55. The Kier molecular flexibility index (Phi) is 4.23. The molecule has 0 amide bonds. The van der Waals surface area contributed by atoms with Gasteiger partial charge in [0, 0.05) is 31.6 Å². The van der Waals surface area contributed by atoms with Crippen molar-refractivity contribution >= 4 is 0 Å². The van der Waals surface area contributed by atoms with E-state index in [1.165, 1.54) is 17.5 Å². The second kappa shape index (κ2) is 5.98. The molecule has 0 radical (unpaired) electrons. The lowest BCUT2D eigenvalue weighted by Crippen LogP contribution is -2.49. The van der Waals surface area contributed by atoms with Gasteiger partial charge in [-0.15, -0.1) is 0 Å². The summed E-state index contributed by atoms with van der Waals surface area (Å²) in [4.78, 5) is 2.62. The van der Waals surface area contributed by atoms with E-state index < -0.39 is 0 Å². The smallest absolute Gasteiger partial charge is 0.122 e. The number of benzene rings is 1. The molecule has 3 heteroatoms. The minimum atomic E-state index is 0.330. The third-order valence-corrected chi connectivity index (χ3v) is 5.37. The molecule has 2 heterocycles. The molecule has 0 aromatic heterocycles. The van der Waals surface area contributed by atoms with Crippen molar-refractivity contribution in [1.82, 2.24) is 4.90 Å². The molecule has 4 atom stereocenters. The van der Waals surface area contributed by atoms with Gasteiger partial charge in [0.2, 0.25) is 0 Å². The minimum Gasteiger partial charge on any atom is -0.493 e. The summed E-state index contributed by atoms with van der Waals surface area (Å²) in [5, 5.41) is 0. The van der Waals surface area contributed by atoms with Crippen LogP contribution >= 0.6 is 0 Å². The van der Waals surface area contributed by atoms with Gasteiger partial charge >= 0.3 is 0 Å². The first-order chi connectivity index (χ1) is 10.1. The van der Waals surface area contributed by atoms with Crippen molar-refractivity contribution in [3.8, 4) is 5.75 Å². The van der Waals surface area contributed by atoms with E-state index in [1.807, 2.05) is 0 Å². The molecule has 0 bridgehead atoms. The molecule has 4 unspecified atom stereocenters. The number of rotatable bonds is 3. The van der Waals surface area contributed by atoms with Gasteiger partial charge < -0.3 is 10.5 Å². The SMILES string of the molecule is CC1CC(C)C(C)N(C(CN)c2ccc3c(c2)CCO3)C1. The first-order valence-corrected chi connectivity index (χ1v) is 8.31. The fourth-order valence-corrected chi connectivity index (χ4v) is 4.05. The molecule has 0 saturated carbocycles. The topological polar surface area (TPSA) is 38.5 Å². The van der Waals surface area contributed by atoms with Gasteiger partial charge in [-0.3, -0.25) is 4.90 Å². The summed E-state index contributed by atoms with van der Waals surface area (Å²) >= 11 is 0. The molecule has 116 valence electrons. The Labute approximate surface area is 128 Å². The van der Waals surface area contributed by atoms with Crippen LogP contribution in [-0.4, -0.2) is 30.6 Å². The first kappa shape index (κ1) is 14.9. The molecule has 1 aromatic rings. The van der Waals surface area contributed by atoms with Gasteiger partial charge in [-0.05, 0) is 42.4 Å². The fraction of sp³-hybridized carbons (Fsp3) is 0.667. The summed E-state index contributed by atoms with van der Waals surface area (Å²) in [6, 6.07) is 7.58. The van der Waals surface area contributed by atoms with Crippen molar-refractivity contribution in [3.63, 3.8) is 0 Å². The van der Waals surface area contributed by atoms with E-state index in [0.29, 0.717) is 18.6 Å². The Morgan fingerprint density at radius 2 is 2.14 bits per heavy atom. The van der Waals surface area contributed by atoms with Gasteiger partial charge in [0.25, 0.3) is 0 Å². The average molecular weight is 288 g/mol. The lowest BCUT2D eigenvalue weighted by atomic mass is 9.84. The second-order valence-corrected chi connectivity index (χ2v) is 6.97. The van der Waals surface area contributed by atoms with Crippen molar-refractivity contribution in [3.05, 3.63) is 29.3 Å². The van der Waals surface area contributed by atoms with Crippen molar-refractivity contribution in [2.45, 2.75) is 45.7 Å². The molecule has 1 aromatic carbocycles. The Hall–Kier alpha value is -1.06. The van der Waals surface area contributed by atoms with Crippen LogP contribution < -0.4 is 10.5 Å². The molecule has 3 rings (SSSR count). The number of ether oxygens (including phenoxy) is 1. The number of nitrogens with two attached hydrogens (primary N) is 1. The van der Waals surface area contributed by atoms with E-state index in [4.69, 9.17) is 10.5 Å². The highest BCUT2D eigenvalue weighted by molar-refractivity contribution is 5.41. The first-order valence-electron chi connectivity index (χ1n) is 8.31. The average Bonchev–Trinajstić information content (AvgIpc) is 2.92. The molecule has 2 aliphatic rings. The molecule has 1 saturated heterocycles. The lowest BCUT2D eigenvalue weighted by molar-refractivity contribution is 0.0424.